The van der Waals surface area contributed by atoms with E-state index in [0.717, 1.165) is 11.3 Å². The number of hydrogen-bond acceptors (Lipinski definition) is 5. The molecule has 0 bridgehead atoms. The molecule has 140 valence electrons. The van der Waals surface area contributed by atoms with Crippen LogP contribution in [0.1, 0.15) is 26.3 Å². The van der Waals surface area contributed by atoms with Gasteiger partial charge in [-0.2, -0.15) is 5.10 Å². The molecule has 0 aliphatic rings. The second-order valence-corrected chi connectivity index (χ2v) is 6.07. The Kier molecular flexibility index (Phi) is 4.59. The number of hydrogen-bond donors (Lipinski definition) is 2. The van der Waals surface area contributed by atoms with Gasteiger partial charge in [-0.1, -0.05) is 24.3 Å². The minimum absolute atomic E-state index is 0.294. The van der Waals surface area contributed by atoms with Crippen LogP contribution in [0.3, 0.4) is 0 Å². The van der Waals surface area contributed by atoms with E-state index in [0.29, 0.717) is 28.6 Å². The average Bonchev–Trinajstić information content (AvgIpc) is 3.41. The quantitative estimate of drug-likeness (QED) is 0.522. The predicted molar refractivity (Wildman–Crippen MR) is 102 cm³/mol. The number of amides is 1. The van der Waals surface area contributed by atoms with Gasteiger partial charge in [-0.15, -0.1) is 0 Å². The van der Waals surface area contributed by atoms with E-state index in [-0.39, 0.29) is 5.91 Å². The van der Waals surface area contributed by atoms with Crippen molar-refractivity contribution in [2.45, 2.75) is 6.54 Å². The molecule has 0 aliphatic carbocycles. The molecule has 2 aromatic heterocycles. The van der Waals surface area contributed by atoms with Crippen LogP contribution >= 0.6 is 0 Å². The Bertz CT molecular complexity index is 1150. The fourth-order valence-corrected chi connectivity index (χ4v) is 3.13. The van der Waals surface area contributed by atoms with Crippen LogP contribution in [0.25, 0.3) is 16.6 Å². The molecule has 0 atom stereocenters. The minimum Gasteiger partial charge on any atom is -0.465 e. The normalized spacial score (nSPS) is 10.8. The summed E-state index contributed by atoms with van der Waals surface area (Å²) in [7, 11) is 1.31. The highest BCUT2D eigenvalue weighted by Gasteiger charge is 2.19. The molecule has 0 fully saturated rings. The first-order valence-corrected chi connectivity index (χ1v) is 8.58. The van der Waals surface area contributed by atoms with Gasteiger partial charge in [-0.3, -0.25) is 4.79 Å². The summed E-state index contributed by atoms with van der Waals surface area (Å²) in [5.41, 5.74) is 3.13. The van der Waals surface area contributed by atoms with Crippen LogP contribution in [0, 0.1) is 0 Å². The number of para-hydroxylation sites is 1. The van der Waals surface area contributed by atoms with Gasteiger partial charge in [-0.25, -0.2) is 14.5 Å². The van der Waals surface area contributed by atoms with Gasteiger partial charge >= 0.3 is 5.97 Å². The topological polar surface area (TPSA) is 102 Å². The van der Waals surface area contributed by atoms with Crippen molar-refractivity contribution in [2.24, 2.45) is 0 Å². The number of benzene rings is 2. The number of esters is 1. The summed E-state index contributed by atoms with van der Waals surface area (Å²) >= 11 is 0. The number of aromatic amines is 1. The van der Waals surface area contributed by atoms with Crippen LogP contribution in [0.2, 0.25) is 0 Å². The smallest absolute Gasteiger partial charge is 0.338 e. The van der Waals surface area contributed by atoms with Crippen LogP contribution in [0.4, 0.5) is 0 Å². The zero-order valence-corrected chi connectivity index (χ0v) is 15.0. The SMILES string of the molecule is COC(=O)c1cccc2[nH]cc(C(=O)NCc3ccccc3-n3cncn3)c12. The lowest BCUT2D eigenvalue weighted by Gasteiger charge is -2.10. The van der Waals surface area contributed by atoms with Gasteiger partial charge in [0.1, 0.15) is 12.7 Å². The third-order valence-corrected chi connectivity index (χ3v) is 4.45. The van der Waals surface area contributed by atoms with Gasteiger partial charge in [0.05, 0.1) is 23.9 Å². The largest absolute Gasteiger partial charge is 0.465 e. The molecule has 4 rings (SSSR count). The summed E-state index contributed by atoms with van der Waals surface area (Å²) in [4.78, 5) is 31.9. The lowest BCUT2D eigenvalue weighted by molar-refractivity contribution is 0.0603. The molecule has 8 nitrogen and oxygen atoms in total. The van der Waals surface area contributed by atoms with E-state index >= 15 is 0 Å². The molecule has 1 amide bonds. The molecule has 0 unspecified atom stereocenters. The van der Waals surface area contributed by atoms with Crippen LogP contribution in [0.15, 0.2) is 61.3 Å². The highest BCUT2D eigenvalue weighted by Crippen LogP contribution is 2.23. The van der Waals surface area contributed by atoms with Crippen molar-refractivity contribution in [3.8, 4) is 5.69 Å². The van der Waals surface area contributed by atoms with E-state index < -0.39 is 5.97 Å². The number of H-pyrrole nitrogens is 1. The monoisotopic (exact) mass is 375 g/mol. The number of ether oxygens (including phenoxy) is 1. The minimum atomic E-state index is -0.490. The zero-order valence-electron chi connectivity index (χ0n) is 15.0. The molecule has 0 aliphatic heterocycles. The van der Waals surface area contributed by atoms with E-state index in [1.54, 1.807) is 35.4 Å². The molecule has 2 heterocycles. The Morgan fingerprint density at radius 2 is 2.00 bits per heavy atom. The van der Waals surface area contributed by atoms with Gasteiger partial charge in [0.15, 0.2) is 0 Å². The van der Waals surface area contributed by atoms with Crippen molar-refractivity contribution in [3.05, 3.63) is 78.0 Å². The first kappa shape index (κ1) is 17.5. The van der Waals surface area contributed by atoms with E-state index in [1.165, 1.54) is 13.4 Å². The highest BCUT2D eigenvalue weighted by molar-refractivity contribution is 6.14. The van der Waals surface area contributed by atoms with Crippen molar-refractivity contribution in [1.82, 2.24) is 25.1 Å². The number of rotatable bonds is 5. The van der Waals surface area contributed by atoms with Gasteiger partial charge in [0, 0.05) is 23.6 Å². The number of nitrogens with one attached hydrogen (secondary N) is 2. The van der Waals surface area contributed by atoms with Crippen molar-refractivity contribution < 1.29 is 14.3 Å². The Labute approximate surface area is 160 Å². The van der Waals surface area contributed by atoms with Gasteiger partial charge < -0.3 is 15.0 Å². The molecule has 0 spiro atoms. The van der Waals surface area contributed by atoms with Crippen LogP contribution in [-0.4, -0.2) is 38.7 Å². The first-order valence-electron chi connectivity index (χ1n) is 8.58. The van der Waals surface area contributed by atoms with Crippen molar-refractivity contribution in [3.63, 3.8) is 0 Å². The summed E-state index contributed by atoms with van der Waals surface area (Å²) in [5.74, 6) is -0.785. The third-order valence-electron chi connectivity index (χ3n) is 4.45. The fraction of sp³-hybridized carbons (Fsp3) is 0.100. The third kappa shape index (κ3) is 3.11. The number of nitrogens with zero attached hydrogens (tertiary/aromatic N) is 3. The highest BCUT2D eigenvalue weighted by atomic mass is 16.5. The van der Waals surface area contributed by atoms with E-state index in [2.05, 4.69) is 20.4 Å². The number of carbonyl (C=O) groups is 2. The maximum atomic E-state index is 12.8. The second-order valence-electron chi connectivity index (χ2n) is 6.07. The summed E-state index contributed by atoms with van der Waals surface area (Å²) in [5, 5.41) is 7.59. The molecular formula is C20H17N5O3. The predicted octanol–water partition coefficient (Wildman–Crippen LogP) is 2.47. The van der Waals surface area contributed by atoms with Crippen LogP contribution in [0.5, 0.6) is 0 Å². The van der Waals surface area contributed by atoms with Gasteiger partial charge in [0.25, 0.3) is 5.91 Å². The molecule has 0 saturated carbocycles. The summed E-state index contributed by atoms with van der Waals surface area (Å²) in [6, 6.07) is 12.8. The van der Waals surface area contributed by atoms with E-state index in [9.17, 15) is 9.59 Å². The van der Waals surface area contributed by atoms with Crippen molar-refractivity contribution >= 4 is 22.8 Å². The van der Waals surface area contributed by atoms with Crippen LogP contribution in [-0.2, 0) is 11.3 Å². The lowest BCUT2D eigenvalue weighted by atomic mass is 10.1. The van der Waals surface area contributed by atoms with Crippen molar-refractivity contribution in [1.29, 1.82) is 0 Å². The maximum absolute atomic E-state index is 12.8. The zero-order chi connectivity index (χ0) is 19.5. The second kappa shape index (κ2) is 7.36. The Hall–Kier alpha value is -3.94. The van der Waals surface area contributed by atoms with Gasteiger partial charge in [-0.05, 0) is 23.8 Å². The van der Waals surface area contributed by atoms with Gasteiger partial charge in [0.2, 0.25) is 0 Å². The number of aromatic nitrogens is 4. The molecule has 0 saturated heterocycles. The first-order chi connectivity index (χ1) is 13.7. The van der Waals surface area contributed by atoms with E-state index in [4.69, 9.17) is 4.74 Å². The summed E-state index contributed by atoms with van der Waals surface area (Å²) in [6.45, 7) is 0.294. The standard InChI is InChI=1S/C20H17N5O3/c1-28-20(27)14-6-4-7-16-18(14)15(10-22-16)19(26)23-9-13-5-2-3-8-17(13)25-12-21-11-24-25/h2-8,10-12,22H,9H2,1H3,(H,23,26). The Morgan fingerprint density at radius 1 is 1.14 bits per heavy atom. The molecular weight excluding hydrogens is 358 g/mol. The molecule has 4 aromatic rings. The Morgan fingerprint density at radius 3 is 2.79 bits per heavy atom. The average molecular weight is 375 g/mol. The molecule has 28 heavy (non-hydrogen) atoms. The van der Waals surface area contributed by atoms with E-state index in [1.807, 2.05) is 24.3 Å². The number of fused-ring (bicyclic) bond motifs is 1. The summed E-state index contributed by atoms with van der Waals surface area (Å²) in [6.07, 6.45) is 4.65. The van der Waals surface area contributed by atoms with Crippen LogP contribution < -0.4 is 5.32 Å². The summed E-state index contributed by atoms with van der Waals surface area (Å²) < 4.78 is 6.48. The molecule has 0 radical (unpaired) electrons. The lowest BCUT2D eigenvalue weighted by Crippen LogP contribution is -2.23. The maximum Gasteiger partial charge on any atom is 0.338 e. The number of carbonyl (C=O) groups excluding carboxylic acids is 2. The fourth-order valence-electron chi connectivity index (χ4n) is 3.13. The van der Waals surface area contributed by atoms with Crippen molar-refractivity contribution in [2.75, 3.05) is 7.11 Å². The number of methoxy groups -OCH3 is 1. The Balaban J connectivity index is 1.62. The molecule has 8 heteroatoms. The molecule has 2 aromatic carbocycles. The molecule has 2 N–H and O–H groups in total.